The first kappa shape index (κ1) is 22.4. The Morgan fingerprint density at radius 2 is 1.94 bits per heavy atom. The first-order chi connectivity index (χ1) is 16.2. The van der Waals surface area contributed by atoms with Crippen LogP contribution in [0.4, 0.5) is 0 Å². The lowest BCUT2D eigenvalue weighted by molar-refractivity contribution is 0.0719. The number of rotatable bonds is 9. The van der Waals surface area contributed by atoms with E-state index in [1.54, 1.807) is 0 Å². The molecule has 5 rings (SSSR count). The van der Waals surface area contributed by atoms with Crippen LogP contribution in [0.1, 0.15) is 59.2 Å². The van der Waals surface area contributed by atoms with Crippen molar-refractivity contribution in [1.29, 1.82) is 0 Å². The summed E-state index contributed by atoms with van der Waals surface area (Å²) in [5.41, 5.74) is 4.87. The van der Waals surface area contributed by atoms with E-state index in [9.17, 15) is 4.79 Å². The van der Waals surface area contributed by atoms with Crippen LogP contribution in [0.2, 0.25) is 0 Å². The summed E-state index contributed by atoms with van der Waals surface area (Å²) in [6.07, 6.45) is 8.23. The number of carbonyl (C=O) groups is 1. The fraction of sp³-hybridized carbons (Fsp3) is 0.536. The van der Waals surface area contributed by atoms with Crippen LogP contribution in [-0.2, 0) is 24.1 Å². The second-order valence-corrected chi connectivity index (χ2v) is 9.96. The highest BCUT2D eigenvalue weighted by atomic mass is 16.5. The third-order valence-corrected chi connectivity index (χ3v) is 7.35. The number of benzene rings is 2. The Morgan fingerprint density at radius 3 is 2.70 bits per heavy atom. The Morgan fingerprint density at radius 1 is 1.09 bits per heavy atom. The Labute approximate surface area is 197 Å². The fourth-order valence-corrected chi connectivity index (χ4v) is 4.97. The van der Waals surface area contributed by atoms with Crippen molar-refractivity contribution >= 4 is 5.91 Å². The van der Waals surface area contributed by atoms with Crippen LogP contribution in [-0.4, -0.2) is 49.8 Å². The summed E-state index contributed by atoms with van der Waals surface area (Å²) >= 11 is 0. The molecule has 5 heteroatoms. The van der Waals surface area contributed by atoms with Crippen molar-refractivity contribution < 1.29 is 14.3 Å². The molecule has 2 aromatic rings. The molecule has 5 nitrogen and oxygen atoms in total. The SMILES string of the molecule is CN(C(=O)c1ccc(OCC2CC2)cc1)C1CCc2cc(CNCC3CCCO3)ccc2C1. The maximum Gasteiger partial charge on any atom is 0.253 e. The van der Waals surface area contributed by atoms with Crippen LogP contribution in [0.5, 0.6) is 5.75 Å². The average molecular weight is 449 g/mol. The van der Waals surface area contributed by atoms with Crippen molar-refractivity contribution in [2.75, 3.05) is 26.8 Å². The molecule has 2 aromatic carbocycles. The normalized spacial score (nSPS) is 22.1. The minimum absolute atomic E-state index is 0.0899. The number of likely N-dealkylation sites (N-methyl/N-ethyl adjacent to an activating group) is 1. The van der Waals surface area contributed by atoms with Gasteiger partial charge in [-0.15, -0.1) is 0 Å². The number of aryl methyl sites for hydroxylation is 1. The Bertz CT molecular complexity index is 948. The zero-order valence-corrected chi connectivity index (χ0v) is 19.7. The van der Waals surface area contributed by atoms with E-state index < -0.39 is 0 Å². The highest BCUT2D eigenvalue weighted by Crippen LogP contribution is 2.30. The van der Waals surface area contributed by atoms with Gasteiger partial charge in [0, 0.05) is 38.3 Å². The quantitative estimate of drug-likeness (QED) is 0.619. The molecule has 2 atom stereocenters. The van der Waals surface area contributed by atoms with Crippen molar-refractivity contribution in [3.8, 4) is 5.75 Å². The Hall–Kier alpha value is -2.37. The van der Waals surface area contributed by atoms with Gasteiger partial charge in [0.1, 0.15) is 5.75 Å². The molecule has 1 saturated carbocycles. The maximum atomic E-state index is 13.1. The highest BCUT2D eigenvalue weighted by Gasteiger charge is 2.26. The summed E-state index contributed by atoms with van der Waals surface area (Å²) in [5, 5.41) is 3.54. The fourth-order valence-electron chi connectivity index (χ4n) is 4.97. The number of hydrogen-bond acceptors (Lipinski definition) is 4. The summed E-state index contributed by atoms with van der Waals surface area (Å²) in [6.45, 7) is 3.51. The van der Waals surface area contributed by atoms with Crippen LogP contribution in [0, 0.1) is 5.92 Å². The predicted octanol–water partition coefficient (Wildman–Crippen LogP) is 4.37. The van der Waals surface area contributed by atoms with Crippen LogP contribution in [0.15, 0.2) is 42.5 Å². The number of ether oxygens (including phenoxy) is 2. The monoisotopic (exact) mass is 448 g/mol. The standard InChI is InChI=1S/C28H36N2O3/c1-30(28(31)22-9-12-26(13-10-22)33-19-20-4-5-20)25-11-8-23-15-21(6-7-24(23)16-25)17-29-18-27-3-2-14-32-27/h6-7,9-10,12-13,15,20,25,27,29H,2-5,8,11,14,16-19H2,1H3. The van der Waals surface area contributed by atoms with Crippen molar-refractivity contribution in [2.45, 2.75) is 63.6 Å². The van der Waals surface area contributed by atoms with Crippen LogP contribution in [0.25, 0.3) is 0 Å². The highest BCUT2D eigenvalue weighted by molar-refractivity contribution is 5.94. The smallest absolute Gasteiger partial charge is 0.253 e. The van der Waals surface area contributed by atoms with E-state index >= 15 is 0 Å². The lowest BCUT2D eigenvalue weighted by Crippen LogP contribution is -2.40. The molecule has 1 heterocycles. The van der Waals surface area contributed by atoms with Gasteiger partial charge in [0.05, 0.1) is 12.7 Å². The molecule has 2 aliphatic carbocycles. The van der Waals surface area contributed by atoms with E-state index in [1.165, 1.54) is 42.4 Å². The second-order valence-electron chi connectivity index (χ2n) is 9.96. The molecule has 0 bridgehead atoms. The van der Waals surface area contributed by atoms with Gasteiger partial charge in [0.2, 0.25) is 0 Å². The largest absolute Gasteiger partial charge is 0.493 e. The van der Waals surface area contributed by atoms with E-state index in [-0.39, 0.29) is 11.9 Å². The molecule has 3 aliphatic rings. The van der Waals surface area contributed by atoms with E-state index in [2.05, 4.69) is 23.5 Å². The second kappa shape index (κ2) is 10.3. The van der Waals surface area contributed by atoms with Crippen LogP contribution < -0.4 is 10.1 Å². The molecule has 33 heavy (non-hydrogen) atoms. The molecule has 1 aliphatic heterocycles. The van der Waals surface area contributed by atoms with E-state index in [0.29, 0.717) is 6.10 Å². The lowest BCUT2D eigenvalue weighted by Gasteiger charge is -2.33. The average Bonchev–Trinajstić information content (AvgIpc) is 3.55. The van der Waals surface area contributed by atoms with Crippen LogP contribution >= 0.6 is 0 Å². The summed E-state index contributed by atoms with van der Waals surface area (Å²) < 4.78 is 11.5. The van der Waals surface area contributed by atoms with Gasteiger partial charge in [0.25, 0.3) is 5.91 Å². The van der Waals surface area contributed by atoms with Gasteiger partial charge in [0.15, 0.2) is 0 Å². The number of nitrogens with zero attached hydrogens (tertiary/aromatic N) is 1. The third-order valence-electron chi connectivity index (χ3n) is 7.35. The van der Waals surface area contributed by atoms with Gasteiger partial charge >= 0.3 is 0 Å². The molecule has 176 valence electrons. The maximum absolute atomic E-state index is 13.1. The molecule has 1 N–H and O–H groups in total. The molecule has 2 fully saturated rings. The summed E-state index contributed by atoms with van der Waals surface area (Å²) in [4.78, 5) is 15.0. The van der Waals surface area contributed by atoms with E-state index in [4.69, 9.17) is 9.47 Å². The molecule has 0 radical (unpaired) electrons. The van der Waals surface area contributed by atoms with E-state index in [1.807, 2.05) is 36.2 Å². The zero-order valence-electron chi connectivity index (χ0n) is 19.7. The summed E-state index contributed by atoms with van der Waals surface area (Å²) in [7, 11) is 1.94. The summed E-state index contributed by atoms with van der Waals surface area (Å²) in [6, 6.07) is 14.7. The predicted molar refractivity (Wildman–Crippen MR) is 130 cm³/mol. The van der Waals surface area contributed by atoms with Crippen molar-refractivity contribution in [3.63, 3.8) is 0 Å². The number of hydrogen-bond donors (Lipinski definition) is 1. The van der Waals surface area contributed by atoms with Gasteiger partial charge in [-0.1, -0.05) is 18.2 Å². The third kappa shape index (κ3) is 5.77. The molecule has 0 spiro atoms. The Kier molecular flexibility index (Phi) is 6.98. The number of carbonyl (C=O) groups excluding carboxylic acids is 1. The molecular weight excluding hydrogens is 412 g/mol. The van der Waals surface area contributed by atoms with Gasteiger partial charge in [-0.05, 0) is 91.8 Å². The number of amides is 1. The molecule has 1 amide bonds. The van der Waals surface area contributed by atoms with Crippen LogP contribution in [0.3, 0.4) is 0 Å². The Balaban J connectivity index is 1.13. The van der Waals surface area contributed by atoms with Gasteiger partial charge in [-0.25, -0.2) is 0 Å². The number of nitrogens with one attached hydrogen (secondary N) is 1. The lowest BCUT2D eigenvalue weighted by atomic mass is 9.86. The first-order valence-corrected chi connectivity index (χ1v) is 12.6. The van der Waals surface area contributed by atoms with Crippen molar-refractivity contribution in [1.82, 2.24) is 10.2 Å². The van der Waals surface area contributed by atoms with Gasteiger partial charge < -0.3 is 19.7 Å². The van der Waals surface area contributed by atoms with E-state index in [0.717, 1.165) is 62.8 Å². The molecule has 0 aromatic heterocycles. The minimum atomic E-state index is 0.0899. The molecule has 1 saturated heterocycles. The molecule has 2 unspecified atom stereocenters. The topological polar surface area (TPSA) is 50.8 Å². The van der Waals surface area contributed by atoms with Crippen molar-refractivity contribution in [2.24, 2.45) is 5.92 Å². The first-order valence-electron chi connectivity index (χ1n) is 12.6. The van der Waals surface area contributed by atoms with Gasteiger partial charge in [-0.2, -0.15) is 0 Å². The molecular formula is C28H36N2O3. The number of fused-ring (bicyclic) bond motifs is 1. The van der Waals surface area contributed by atoms with Gasteiger partial charge in [-0.3, -0.25) is 4.79 Å². The van der Waals surface area contributed by atoms with Crippen molar-refractivity contribution in [3.05, 3.63) is 64.7 Å². The zero-order chi connectivity index (χ0) is 22.6. The summed E-state index contributed by atoms with van der Waals surface area (Å²) in [5.74, 6) is 1.67. The minimum Gasteiger partial charge on any atom is -0.493 e.